The zero-order valence-corrected chi connectivity index (χ0v) is 11.2. The Balaban J connectivity index is 2.59. The number of hydrogen-bond acceptors (Lipinski definition) is 4. The first-order valence-corrected chi connectivity index (χ1v) is 5.77. The molecule has 0 amide bonds. The summed E-state index contributed by atoms with van der Waals surface area (Å²) in [5.41, 5.74) is 0.348. The second kappa shape index (κ2) is 5.82. The monoisotopic (exact) mass is 253 g/mol. The lowest BCUT2D eigenvalue weighted by atomic mass is 10.2. The minimum atomic E-state index is -1.09. The van der Waals surface area contributed by atoms with E-state index in [4.69, 9.17) is 14.6 Å². The molecule has 0 saturated carbocycles. The molecule has 0 aliphatic heterocycles. The molecule has 0 fully saturated rings. The van der Waals surface area contributed by atoms with Crippen LogP contribution in [0.1, 0.15) is 37.0 Å². The van der Waals surface area contributed by atoms with Crippen molar-refractivity contribution in [3.8, 4) is 5.75 Å². The fraction of sp³-hybridized carbons (Fsp3) is 0.538. The van der Waals surface area contributed by atoms with E-state index < -0.39 is 5.97 Å². The Morgan fingerprint density at radius 3 is 2.56 bits per heavy atom. The van der Waals surface area contributed by atoms with E-state index in [-0.39, 0.29) is 17.0 Å². The third-order valence-corrected chi connectivity index (χ3v) is 2.08. The summed E-state index contributed by atoms with van der Waals surface area (Å²) in [5.74, 6) is -0.823. The highest BCUT2D eigenvalue weighted by Crippen LogP contribution is 2.17. The normalized spacial score (nSPS) is 11.3. The number of pyridine rings is 1. The molecule has 0 saturated heterocycles. The van der Waals surface area contributed by atoms with E-state index in [1.807, 2.05) is 20.8 Å². The number of aryl methyl sites for hydroxylation is 1. The van der Waals surface area contributed by atoms with Gasteiger partial charge >= 0.3 is 5.97 Å². The summed E-state index contributed by atoms with van der Waals surface area (Å²) in [5, 5.41) is 9.00. The third kappa shape index (κ3) is 4.71. The predicted molar refractivity (Wildman–Crippen MR) is 67.1 cm³/mol. The molecule has 0 aliphatic rings. The van der Waals surface area contributed by atoms with Crippen LogP contribution in [0.2, 0.25) is 0 Å². The van der Waals surface area contributed by atoms with Crippen LogP contribution in [0.5, 0.6) is 5.75 Å². The van der Waals surface area contributed by atoms with Crippen LogP contribution in [0.25, 0.3) is 0 Å². The van der Waals surface area contributed by atoms with Gasteiger partial charge < -0.3 is 14.6 Å². The van der Waals surface area contributed by atoms with E-state index in [1.165, 1.54) is 0 Å². The number of carboxylic acid groups (broad SMARTS) is 1. The summed E-state index contributed by atoms with van der Waals surface area (Å²) >= 11 is 0. The molecule has 1 rings (SSSR count). The molecule has 5 heteroatoms. The number of nitrogens with zero attached hydrogens (tertiary/aromatic N) is 1. The van der Waals surface area contributed by atoms with Crippen molar-refractivity contribution < 1.29 is 19.4 Å². The zero-order chi connectivity index (χ0) is 13.8. The lowest BCUT2D eigenvalue weighted by Crippen LogP contribution is -2.22. The number of hydrogen-bond donors (Lipinski definition) is 1. The van der Waals surface area contributed by atoms with Gasteiger partial charge in [0.15, 0.2) is 11.4 Å². The van der Waals surface area contributed by atoms with Gasteiger partial charge in [0.25, 0.3) is 0 Å². The highest BCUT2D eigenvalue weighted by Gasteiger charge is 2.14. The Bertz CT molecular complexity index is 423. The van der Waals surface area contributed by atoms with Gasteiger partial charge in [0.05, 0.1) is 12.2 Å². The van der Waals surface area contributed by atoms with Crippen molar-refractivity contribution in [1.82, 2.24) is 4.98 Å². The van der Waals surface area contributed by atoms with Crippen LogP contribution < -0.4 is 4.74 Å². The first-order chi connectivity index (χ1) is 8.29. The second-order valence-electron chi connectivity index (χ2n) is 4.91. The minimum absolute atomic E-state index is 0.0641. The summed E-state index contributed by atoms with van der Waals surface area (Å²) in [6.45, 7) is 8.27. The fourth-order valence-corrected chi connectivity index (χ4v) is 1.31. The quantitative estimate of drug-likeness (QED) is 0.815. The van der Waals surface area contributed by atoms with Gasteiger partial charge in [-0.2, -0.15) is 0 Å². The summed E-state index contributed by atoms with van der Waals surface area (Å²) in [7, 11) is 0. The molecular weight excluding hydrogens is 234 g/mol. The predicted octanol–water partition coefficient (Wildman–Crippen LogP) is 2.28. The first kappa shape index (κ1) is 14.4. The largest absolute Gasteiger partial charge is 0.489 e. The first-order valence-electron chi connectivity index (χ1n) is 5.77. The van der Waals surface area contributed by atoms with Crippen molar-refractivity contribution in [2.75, 3.05) is 13.2 Å². The van der Waals surface area contributed by atoms with Crippen LogP contribution in [0, 0.1) is 6.92 Å². The van der Waals surface area contributed by atoms with Crippen LogP contribution in [0.15, 0.2) is 12.1 Å². The summed E-state index contributed by atoms with van der Waals surface area (Å²) in [6, 6.07) is 3.33. The highest BCUT2D eigenvalue weighted by molar-refractivity contribution is 5.88. The highest BCUT2D eigenvalue weighted by atomic mass is 16.5. The Labute approximate surface area is 107 Å². The maximum absolute atomic E-state index is 11.0. The number of carbonyl (C=O) groups is 1. The van der Waals surface area contributed by atoms with Crippen molar-refractivity contribution in [1.29, 1.82) is 0 Å². The van der Waals surface area contributed by atoms with Crippen LogP contribution in [0.3, 0.4) is 0 Å². The molecule has 0 bridgehead atoms. The molecule has 0 spiro atoms. The van der Waals surface area contributed by atoms with Crippen LogP contribution in [-0.4, -0.2) is 34.9 Å². The number of ether oxygens (including phenoxy) is 2. The third-order valence-electron chi connectivity index (χ3n) is 2.08. The molecule has 5 nitrogen and oxygen atoms in total. The zero-order valence-electron chi connectivity index (χ0n) is 11.2. The van der Waals surface area contributed by atoms with Gasteiger partial charge in [-0.1, -0.05) is 0 Å². The Kier molecular flexibility index (Phi) is 4.67. The minimum Gasteiger partial charge on any atom is -0.489 e. The van der Waals surface area contributed by atoms with E-state index in [0.29, 0.717) is 18.9 Å². The number of aromatic carboxylic acids is 1. The average Bonchev–Trinajstić information content (AvgIpc) is 2.24. The van der Waals surface area contributed by atoms with Crippen molar-refractivity contribution in [2.45, 2.75) is 33.3 Å². The van der Waals surface area contributed by atoms with Gasteiger partial charge in [0.1, 0.15) is 6.61 Å². The second-order valence-corrected chi connectivity index (χ2v) is 4.91. The molecule has 18 heavy (non-hydrogen) atoms. The van der Waals surface area contributed by atoms with Crippen LogP contribution in [-0.2, 0) is 4.74 Å². The Morgan fingerprint density at radius 1 is 1.33 bits per heavy atom. The lowest BCUT2D eigenvalue weighted by Gasteiger charge is -2.19. The van der Waals surface area contributed by atoms with E-state index in [0.717, 1.165) is 0 Å². The number of aromatic nitrogens is 1. The van der Waals surface area contributed by atoms with Gasteiger partial charge in [0.2, 0.25) is 0 Å². The molecule has 0 unspecified atom stereocenters. The molecule has 1 N–H and O–H groups in total. The fourth-order valence-electron chi connectivity index (χ4n) is 1.31. The van der Waals surface area contributed by atoms with Crippen molar-refractivity contribution in [3.63, 3.8) is 0 Å². The van der Waals surface area contributed by atoms with Gasteiger partial charge in [-0.25, -0.2) is 9.78 Å². The average molecular weight is 253 g/mol. The van der Waals surface area contributed by atoms with Gasteiger partial charge in [-0.05, 0) is 39.8 Å². The van der Waals surface area contributed by atoms with Crippen molar-refractivity contribution >= 4 is 5.97 Å². The summed E-state index contributed by atoms with van der Waals surface area (Å²) in [6.07, 6.45) is 0. The lowest BCUT2D eigenvalue weighted by molar-refractivity contribution is -0.0165. The Hall–Kier alpha value is -1.62. The molecule has 0 aromatic carbocycles. The van der Waals surface area contributed by atoms with E-state index in [2.05, 4.69) is 4.98 Å². The van der Waals surface area contributed by atoms with Crippen molar-refractivity contribution in [2.24, 2.45) is 0 Å². The molecule has 0 atom stereocenters. The summed E-state index contributed by atoms with van der Waals surface area (Å²) in [4.78, 5) is 14.9. The van der Waals surface area contributed by atoms with Crippen LogP contribution >= 0.6 is 0 Å². The Morgan fingerprint density at radius 2 is 2.00 bits per heavy atom. The van der Waals surface area contributed by atoms with Gasteiger partial charge in [-0.15, -0.1) is 0 Å². The van der Waals surface area contributed by atoms with Gasteiger partial charge in [0, 0.05) is 5.69 Å². The van der Waals surface area contributed by atoms with Crippen LogP contribution in [0.4, 0.5) is 0 Å². The molecule has 0 radical (unpaired) electrons. The maximum atomic E-state index is 11.0. The SMILES string of the molecule is Cc1ccc(OCCOC(C)(C)C)c(C(=O)O)n1. The topological polar surface area (TPSA) is 68.7 Å². The molecule has 1 aromatic heterocycles. The van der Waals surface area contributed by atoms with Crippen molar-refractivity contribution in [3.05, 3.63) is 23.5 Å². The van der Waals surface area contributed by atoms with E-state index in [1.54, 1.807) is 19.1 Å². The van der Waals surface area contributed by atoms with E-state index in [9.17, 15) is 4.79 Å². The maximum Gasteiger partial charge on any atom is 0.358 e. The smallest absolute Gasteiger partial charge is 0.358 e. The van der Waals surface area contributed by atoms with E-state index >= 15 is 0 Å². The molecule has 1 aromatic rings. The standard InChI is InChI=1S/C13H19NO4/c1-9-5-6-10(11(14-9)12(15)16)17-7-8-18-13(2,3)4/h5-6H,7-8H2,1-4H3,(H,15,16). The number of carboxylic acids is 1. The summed E-state index contributed by atoms with van der Waals surface area (Å²) < 4.78 is 10.9. The van der Waals surface area contributed by atoms with Gasteiger partial charge in [-0.3, -0.25) is 0 Å². The molecule has 1 heterocycles. The molecular formula is C13H19NO4. The molecule has 100 valence electrons. The molecule has 0 aliphatic carbocycles. The number of rotatable bonds is 5.